The first-order valence-corrected chi connectivity index (χ1v) is 5.39. The van der Waals surface area contributed by atoms with Crippen LogP contribution < -0.4 is 5.32 Å². The van der Waals surface area contributed by atoms with E-state index in [4.69, 9.17) is 0 Å². The summed E-state index contributed by atoms with van der Waals surface area (Å²) < 4.78 is 40.2. The molecule has 0 aliphatic rings. The van der Waals surface area contributed by atoms with Crippen LogP contribution in [0.25, 0.3) is 0 Å². The van der Waals surface area contributed by atoms with Gasteiger partial charge in [0.1, 0.15) is 0 Å². The Labute approximate surface area is 111 Å². The van der Waals surface area contributed by atoms with Crippen molar-refractivity contribution in [2.75, 3.05) is 5.32 Å². The van der Waals surface area contributed by atoms with E-state index in [9.17, 15) is 23.3 Å². The highest BCUT2D eigenvalue weighted by atomic mass is 19.4. The summed E-state index contributed by atoms with van der Waals surface area (Å²) in [4.78, 5) is 9.68. The lowest BCUT2D eigenvalue weighted by Gasteiger charge is -2.13. The molecule has 0 aliphatic heterocycles. The number of nitro benzene ring substituents is 1. The van der Waals surface area contributed by atoms with Gasteiger partial charge in [0, 0.05) is 31.4 Å². The Hall–Kier alpha value is -2.58. The van der Waals surface area contributed by atoms with Crippen molar-refractivity contribution in [2.45, 2.75) is 6.18 Å². The van der Waals surface area contributed by atoms with Crippen LogP contribution in [0.5, 0.6) is 0 Å². The van der Waals surface area contributed by atoms with Crippen molar-refractivity contribution in [3.8, 4) is 0 Å². The number of hydrogen-bond acceptors (Lipinski definition) is 4. The number of hydrogen-bond donors (Lipinski definition) is 1. The van der Waals surface area contributed by atoms with Crippen LogP contribution in [0, 0.1) is 10.1 Å². The number of alkyl halides is 3. The summed E-state index contributed by atoms with van der Waals surface area (Å²) in [6, 6.07) is 3.99. The van der Waals surface area contributed by atoms with E-state index in [2.05, 4.69) is 10.4 Å². The van der Waals surface area contributed by atoms with Gasteiger partial charge in [0.2, 0.25) is 0 Å². The smallest absolute Gasteiger partial charge is 0.338 e. The van der Waals surface area contributed by atoms with Crippen molar-refractivity contribution in [3.05, 3.63) is 46.1 Å². The number of nitro groups is 1. The zero-order chi connectivity index (χ0) is 14.9. The number of nitrogens with one attached hydrogen (secondary N) is 1. The third-order valence-electron chi connectivity index (χ3n) is 2.50. The molecule has 2 aromatic rings. The standard InChI is InChI=1S/C11H9F3N4O2/c1-17-5-4-10(16-17)15-9-3-2-7(18(19)20)6-8(9)11(12,13)14/h2-6H,1H3,(H,15,16). The van der Waals surface area contributed by atoms with Crippen LogP contribution in [-0.4, -0.2) is 14.7 Å². The molecule has 1 aromatic carbocycles. The molecule has 1 N–H and O–H groups in total. The van der Waals surface area contributed by atoms with Crippen molar-refractivity contribution in [1.29, 1.82) is 0 Å². The van der Waals surface area contributed by atoms with Crippen LogP contribution in [-0.2, 0) is 13.2 Å². The van der Waals surface area contributed by atoms with Gasteiger partial charge in [-0.2, -0.15) is 18.3 Å². The number of anilines is 2. The van der Waals surface area contributed by atoms with Crippen molar-refractivity contribution >= 4 is 17.2 Å². The maximum Gasteiger partial charge on any atom is 0.418 e. The van der Waals surface area contributed by atoms with Gasteiger partial charge in [-0.1, -0.05) is 0 Å². The first-order valence-electron chi connectivity index (χ1n) is 5.39. The van der Waals surface area contributed by atoms with Gasteiger partial charge in [-0.05, 0) is 6.07 Å². The van der Waals surface area contributed by atoms with Crippen molar-refractivity contribution in [2.24, 2.45) is 7.05 Å². The Kier molecular flexibility index (Phi) is 3.35. The number of non-ortho nitro benzene ring substituents is 1. The van der Waals surface area contributed by atoms with E-state index < -0.39 is 22.4 Å². The number of aromatic nitrogens is 2. The third kappa shape index (κ3) is 2.87. The molecule has 0 saturated heterocycles. The Morgan fingerprint density at radius 1 is 1.35 bits per heavy atom. The fraction of sp³-hybridized carbons (Fsp3) is 0.182. The van der Waals surface area contributed by atoms with Gasteiger partial charge in [-0.3, -0.25) is 14.8 Å². The second kappa shape index (κ2) is 4.83. The molecule has 0 bridgehead atoms. The minimum Gasteiger partial charge on any atom is -0.338 e. The number of aryl methyl sites for hydroxylation is 1. The van der Waals surface area contributed by atoms with Crippen LogP contribution in [0.15, 0.2) is 30.5 Å². The zero-order valence-electron chi connectivity index (χ0n) is 10.2. The third-order valence-corrected chi connectivity index (χ3v) is 2.50. The topological polar surface area (TPSA) is 73.0 Å². The molecule has 0 unspecified atom stereocenters. The highest BCUT2D eigenvalue weighted by molar-refractivity contribution is 5.63. The zero-order valence-corrected chi connectivity index (χ0v) is 10.2. The molecule has 0 saturated carbocycles. The summed E-state index contributed by atoms with van der Waals surface area (Å²) in [6.45, 7) is 0. The summed E-state index contributed by atoms with van der Waals surface area (Å²) in [5.41, 5.74) is -2.02. The molecule has 6 nitrogen and oxygen atoms in total. The second-order valence-electron chi connectivity index (χ2n) is 3.98. The molecule has 106 valence electrons. The molecular formula is C11H9F3N4O2. The summed E-state index contributed by atoms with van der Waals surface area (Å²) in [6.07, 6.45) is -3.15. The average Bonchev–Trinajstić information content (AvgIpc) is 2.73. The molecule has 0 spiro atoms. The molecule has 2 rings (SSSR count). The number of benzene rings is 1. The molecule has 1 aromatic heterocycles. The molecule has 1 heterocycles. The van der Waals surface area contributed by atoms with Crippen molar-refractivity contribution in [3.63, 3.8) is 0 Å². The quantitative estimate of drug-likeness (QED) is 0.695. The van der Waals surface area contributed by atoms with E-state index in [1.807, 2.05) is 0 Å². The van der Waals surface area contributed by atoms with Crippen molar-refractivity contribution < 1.29 is 18.1 Å². The Morgan fingerprint density at radius 3 is 2.55 bits per heavy atom. The van der Waals surface area contributed by atoms with E-state index in [0.717, 1.165) is 12.1 Å². The number of rotatable bonds is 3. The van der Waals surface area contributed by atoms with E-state index in [0.29, 0.717) is 6.07 Å². The molecule has 0 radical (unpaired) electrons. The molecule has 9 heteroatoms. The number of halogens is 3. The summed E-state index contributed by atoms with van der Waals surface area (Å²) in [5.74, 6) is 0.215. The van der Waals surface area contributed by atoms with E-state index in [1.54, 1.807) is 13.2 Å². The summed E-state index contributed by atoms with van der Waals surface area (Å²) in [5, 5.41) is 16.9. The van der Waals surface area contributed by atoms with Gasteiger partial charge in [0.05, 0.1) is 16.2 Å². The van der Waals surface area contributed by atoms with Crippen LogP contribution in [0.4, 0.5) is 30.4 Å². The molecule has 0 amide bonds. The summed E-state index contributed by atoms with van der Waals surface area (Å²) in [7, 11) is 1.62. The largest absolute Gasteiger partial charge is 0.418 e. The van der Waals surface area contributed by atoms with E-state index in [-0.39, 0.29) is 11.5 Å². The van der Waals surface area contributed by atoms with Gasteiger partial charge in [-0.15, -0.1) is 0 Å². The average molecular weight is 286 g/mol. The molecule has 0 fully saturated rings. The second-order valence-corrected chi connectivity index (χ2v) is 3.98. The predicted octanol–water partition coefficient (Wildman–Crippen LogP) is 3.09. The molecular weight excluding hydrogens is 277 g/mol. The Bertz CT molecular complexity index is 651. The van der Waals surface area contributed by atoms with Gasteiger partial charge >= 0.3 is 6.18 Å². The lowest BCUT2D eigenvalue weighted by Crippen LogP contribution is -2.09. The molecule has 20 heavy (non-hydrogen) atoms. The van der Waals surface area contributed by atoms with Crippen LogP contribution >= 0.6 is 0 Å². The minimum absolute atomic E-state index is 0.215. The summed E-state index contributed by atoms with van der Waals surface area (Å²) >= 11 is 0. The normalized spacial score (nSPS) is 11.4. The van der Waals surface area contributed by atoms with Crippen LogP contribution in [0.3, 0.4) is 0 Å². The van der Waals surface area contributed by atoms with Gasteiger partial charge < -0.3 is 5.32 Å². The Balaban J connectivity index is 2.44. The van der Waals surface area contributed by atoms with E-state index in [1.165, 1.54) is 10.7 Å². The first-order chi connectivity index (χ1) is 9.27. The SMILES string of the molecule is Cn1ccc(Nc2ccc([N+](=O)[O-])cc2C(F)(F)F)n1. The van der Waals surface area contributed by atoms with Crippen LogP contribution in [0.2, 0.25) is 0 Å². The predicted molar refractivity (Wildman–Crippen MR) is 64.6 cm³/mol. The van der Waals surface area contributed by atoms with Crippen LogP contribution in [0.1, 0.15) is 5.56 Å². The molecule has 0 aliphatic carbocycles. The lowest BCUT2D eigenvalue weighted by molar-refractivity contribution is -0.385. The number of nitrogens with zero attached hydrogens (tertiary/aromatic N) is 3. The fourth-order valence-electron chi connectivity index (χ4n) is 1.61. The van der Waals surface area contributed by atoms with E-state index >= 15 is 0 Å². The maximum absolute atomic E-state index is 12.9. The van der Waals surface area contributed by atoms with Crippen molar-refractivity contribution in [1.82, 2.24) is 9.78 Å². The van der Waals surface area contributed by atoms with Gasteiger partial charge in [-0.25, -0.2) is 0 Å². The molecule has 0 atom stereocenters. The Morgan fingerprint density at radius 2 is 2.05 bits per heavy atom. The fourth-order valence-corrected chi connectivity index (χ4v) is 1.61. The van der Waals surface area contributed by atoms with Gasteiger partial charge in [0.25, 0.3) is 5.69 Å². The minimum atomic E-state index is -4.71. The lowest BCUT2D eigenvalue weighted by atomic mass is 10.1. The first kappa shape index (κ1) is 13.8. The monoisotopic (exact) mass is 286 g/mol. The van der Waals surface area contributed by atoms with Gasteiger partial charge in [0.15, 0.2) is 5.82 Å². The highest BCUT2D eigenvalue weighted by Gasteiger charge is 2.35. The maximum atomic E-state index is 12.9. The highest BCUT2D eigenvalue weighted by Crippen LogP contribution is 2.37.